The van der Waals surface area contributed by atoms with Crippen molar-refractivity contribution in [2.75, 3.05) is 27.3 Å². The average molecular weight is 338 g/mol. The first-order chi connectivity index (χ1) is 12.3. The molecule has 0 radical (unpaired) electrons. The number of hydrogen-bond acceptors (Lipinski definition) is 5. The fourth-order valence-electron chi connectivity index (χ4n) is 3.56. The second-order valence-corrected chi connectivity index (χ2v) is 6.22. The molecule has 1 aliphatic rings. The Morgan fingerprint density at radius 3 is 2.40 bits per heavy atom. The van der Waals surface area contributed by atoms with E-state index in [1.165, 1.54) is 0 Å². The van der Waals surface area contributed by atoms with Gasteiger partial charge in [-0.05, 0) is 38.1 Å². The summed E-state index contributed by atoms with van der Waals surface area (Å²) in [5, 5.41) is 3.44. The van der Waals surface area contributed by atoms with Crippen LogP contribution in [0.4, 0.5) is 0 Å². The molecule has 0 bridgehead atoms. The summed E-state index contributed by atoms with van der Waals surface area (Å²) in [5.41, 5.74) is 3.07. The minimum Gasteiger partial charge on any atom is -0.493 e. The Morgan fingerprint density at radius 2 is 1.72 bits per heavy atom. The third kappa shape index (κ3) is 2.82. The molecular formula is C19H22N4O2. The van der Waals surface area contributed by atoms with E-state index in [-0.39, 0.29) is 0 Å². The van der Waals surface area contributed by atoms with Gasteiger partial charge in [0, 0.05) is 36.1 Å². The number of nitrogens with one attached hydrogen (secondary N) is 1. The highest BCUT2D eigenvalue weighted by atomic mass is 16.5. The van der Waals surface area contributed by atoms with Crippen molar-refractivity contribution in [1.82, 2.24) is 19.9 Å². The Morgan fingerprint density at radius 1 is 1.04 bits per heavy atom. The van der Waals surface area contributed by atoms with Gasteiger partial charge >= 0.3 is 0 Å². The number of aromatic nitrogens is 3. The Bertz CT molecular complexity index is 870. The SMILES string of the molecule is COc1cc2nc(-c3ccncc3)n(C3CCNCC3)c2cc1OC. The van der Waals surface area contributed by atoms with Crippen molar-refractivity contribution in [1.29, 1.82) is 0 Å². The molecule has 4 rings (SSSR count). The summed E-state index contributed by atoms with van der Waals surface area (Å²) >= 11 is 0. The summed E-state index contributed by atoms with van der Waals surface area (Å²) in [6, 6.07) is 8.41. The molecule has 0 amide bonds. The molecule has 6 nitrogen and oxygen atoms in total. The predicted molar refractivity (Wildman–Crippen MR) is 97.2 cm³/mol. The van der Waals surface area contributed by atoms with Gasteiger partial charge in [-0.1, -0.05) is 0 Å². The van der Waals surface area contributed by atoms with Crippen LogP contribution >= 0.6 is 0 Å². The monoisotopic (exact) mass is 338 g/mol. The Hall–Kier alpha value is -2.60. The van der Waals surface area contributed by atoms with Crippen LogP contribution in [0.15, 0.2) is 36.7 Å². The molecule has 0 saturated carbocycles. The lowest BCUT2D eigenvalue weighted by Crippen LogP contribution is -2.29. The van der Waals surface area contributed by atoms with Crippen molar-refractivity contribution in [2.45, 2.75) is 18.9 Å². The minimum absolute atomic E-state index is 0.410. The lowest BCUT2D eigenvalue weighted by molar-refractivity contribution is 0.354. The van der Waals surface area contributed by atoms with Crippen LogP contribution < -0.4 is 14.8 Å². The quantitative estimate of drug-likeness (QED) is 0.792. The highest BCUT2D eigenvalue weighted by molar-refractivity contribution is 5.84. The van der Waals surface area contributed by atoms with Crippen LogP contribution in [0.1, 0.15) is 18.9 Å². The fourth-order valence-corrected chi connectivity index (χ4v) is 3.56. The zero-order chi connectivity index (χ0) is 17.2. The van der Waals surface area contributed by atoms with Crippen LogP contribution in [0.3, 0.4) is 0 Å². The molecule has 25 heavy (non-hydrogen) atoms. The summed E-state index contributed by atoms with van der Waals surface area (Å²) < 4.78 is 13.3. The first-order valence-corrected chi connectivity index (χ1v) is 8.57. The first kappa shape index (κ1) is 15.9. The molecular weight excluding hydrogens is 316 g/mol. The van der Waals surface area contributed by atoms with Crippen molar-refractivity contribution in [2.24, 2.45) is 0 Å². The zero-order valence-corrected chi connectivity index (χ0v) is 14.5. The summed E-state index contributed by atoms with van der Waals surface area (Å²) in [5.74, 6) is 2.40. The number of hydrogen-bond donors (Lipinski definition) is 1. The number of methoxy groups -OCH3 is 2. The van der Waals surface area contributed by atoms with Gasteiger partial charge in [0.25, 0.3) is 0 Å². The molecule has 130 valence electrons. The molecule has 6 heteroatoms. The van der Waals surface area contributed by atoms with E-state index in [9.17, 15) is 0 Å². The van der Waals surface area contributed by atoms with Gasteiger partial charge < -0.3 is 19.4 Å². The minimum atomic E-state index is 0.410. The molecule has 0 unspecified atom stereocenters. The van der Waals surface area contributed by atoms with Crippen molar-refractivity contribution in [3.05, 3.63) is 36.7 Å². The van der Waals surface area contributed by atoms with E-state index < -0.39 is 0 Å². The Balaban J connectivity index is 1.96. The van der Waals surface area contributed by atoms with Gasteiger partial charge in [0.05, 0.1) is 25.3 Å². The molecule has 3 heterocycles. The van der Waals surface area contributed by atoms with Gasteiger partial charge in [-0.3, -0.25) is 4.98 Å². The largest absolute Gasteiger partial charge is 0.493 e. The predicted octanol–water partition coefficient (Wildman–Crippen LogP) is 3.04. The molecule has 0 spiro atoms. The maximum absolute atomic E-state index is 5.51. The molecule has 0 aliphatic carbocycles. The highest BCUT2D eigenvalue weighted by Crippen LogP contribution is 2.37. The average Bonchev–Trinajstić information content (AvgIpc) is 3.06. The summed E-state index contributed by atoms with van der Waals surface area (Å²) in [6.45, 7) is 2.04. The van der Waals surface area contributed by atoms with Crippen LogP contribution in [-0.4, -0.2) is 41.8 Å². The number of piperidine rings is 1. The van der Waals surface area contributed by atoms with E-state index in [2.05, 4.69) is 14.9 Å². The number of fused-ring (bicyclic) bond motifs is 1. The number of imidazole rings is 1. The Labute approximate surface area is 146 Å². The first-order valence-electron chi connectivity index (χ1n) is 8.57. The van der Waals surface area contributed by atoms with Crippen LogP contribution in [0.5, 0.6) is 11.5 Å². The van der Waals surface area contributed by atoms with E-state index in [0.29, 0.717) is 11.8 Å². The molecule has 1 saturated heterocycles. The van der Waals surface area contributed by atoms with E-state index in [1.807, 2.05) is 36.7 Å². The topological polar surface area (TPSA) is 61.2 Å². The maximum atomic E-state index is 5.51. The van der Waals surface area contributed by atoms with E-state index in [0.717, 1.165) is 54.1 Å². The number of ether oxygens (including phenoxy) is 2. The van der Waals surface area contributed by atoms with Crippen molar-refractivity contribution in [3.8, 4) is 22.9 Å². The van der Waals surface area contributed by atoms with Gasteiger partial charge in [0.1, 0.15) is 5.82 Å². The molecule has 2 aromatic heterocycles. The van der Waals surface area contributed by atoms with E-state index in [1.54, 1.807) is 14.2 Å². The molecule has 1 fully saturated rings. The lowest BCUT2D eigenvalue weighted by atomic mass is 10.1. The van der Waals surface area contributed by atoms with Gasteiger partial charge in [-0.2, -0.15) is 0 Å². The summed E-state index contributed by atoms with van der Waals surface area (Å²) in [6.07, 6.45) is 5.78. The summed E-state index contributed by atoms with van der Waals surface area (Å²) in [4.78, 5) is 9.06. The van der Waals surface area contributed by atoms with E-state index >= 15 is 0 Å². The lowest BCUT2D eigenvalue weighted by Gasteiger charge is -2.26. The molecule has 1 aliphatic heterocycles. The number of benzene rings is 1. The van der Waals surface area contributed by atoms with Crippen LogP contribution in [0, 0.1) is 0 Å². The second-order valence-electron chi connectivity index (χ2n) is 6.22. The smallest absolute Gasteiger partial charge is 0.163 e. The summed E-state index contributed by atoms with van der Waals surface area (Å²) in [7, 11) is 3.32. The second kappa shape index (κ2) is 6.72. The number of rotatable bonds is 4. The zero-order valence-electron chi connectivity index (χ0n) is 14.5. The van der Waals surface area contributed by atoms with Gasteiger partial charge in [-0.15, -0.1) is 0 Å². The van der Waals surface area contributed by atoms with Gasteiger partial charge in [0.15, 0.2) is 11.5 Å². The van der Waals surface area contributed by atoms with Crippen LogP contribution in [0.2, 0.25) is 0 Å². The molecule has 0 atom stereocenters. The van der Waals surface area contributed by atoms with Crippen molar-refractivity contribution >= 4 is 11.0 Å². The number of pyridine rings is 1. The van der Waals surface area contributed by atoms with Crippen molar-refractivity contribution < 1.29 is 9.47 Å². The normalized spacial score (nSPS) is 15.4. The van der Waals surface area contributed by atoms with Crippen molar-refractivity contribution in [3.63, 3.8) is 0 Å². The van der Waals surface area contributed by atoms with Crippen LogP contribution in [-0.2, 0) is 0 Å². The van der Waals surface area contributed by atoms with Gasteiger partial charge in [-0.25, -0.2) is 4.98 Å². The molecule has 1 aromatic carbocycles. The Kier molecular flexibility index (Phi) is 4.28. The third-order valence-corrected chi connectivity index (χ3v) is 4.81. The highest BCUT2D eigenvalue weighted by Gasteiger charge is 2.23. The van der Waals surface area contributed by atoms with Gasteiger partial charge in [0.2, 0.25) is 0 Å². The van der Waals surface area contributed by atoms with E-state index in [4.69, 9.17) is 14.5 Å². The molecule has 3 aromatic rings. The molecule has 1 N–H and O–H groups in total. The maximum Gasteiger partial charge on any atom is 0.163 e. The number of nitrogens with zero attached hydrogens (tertiary/aromatic N) is 3. The van der Waals surface area contributed by atoms with Crippen LogP contribution in [0.25, 0.3) is 22.4 Å². The standard InChI is InChI=1S/C19H22N4O2/c1-24-17-11-15-16(12-18(17)25-2)23(14-5-9-21-10-6-14)19(22-15)13-3-7-20-8-4-13/h3-4,7-8,11-12,14,21H,5-6,9-10H2,1-2H3. The fraction of sp³-hybridized carbons (Fsp3) is 0.368. The third-order valence-electron chi connectivity index (χ3n) is 4.81.